The number of rotatable bonds is 5. The Labute approximate surface area is 113 Å². The molecule has 1 atom stereocenters. The third kappa shape index (κ3) is 3.97. The molecule has 0 aromatic carbocycles. The number of cyclic esters (lactones) is 2. The van der Waals surface area contributed by atoms with Crippen LogP contribution < -0.4 is 5.32 Å². The summed E-state index contributed by atoms with van der Waals surface area (Å²) in [6, 6.07) is -1.49. The fraction of sp³-hybridized carbons (Fsp3) is 0.455. The Balaban J connectivity index is 2.83. The molecule has 9 nitrogen and oxygen atoms in total. The molecule has 1 fully saturated rings. The molecule has 1 aliphatic heterocycles. The Hall–Kier alpha value is -2.58. The minimum Gasteiger partial charge on any atom is -0.481 e. The highest BCUT2D eigenvalue weighted by atomic mass is 16.7. The lowest BCUT2D eigenvalue weighted by atomic mass is 10.2. The molecule has 0 radical (unpaired) electrons. The molecule has 0 aromatic rings. The van der Waals surface area contributed by atoms with E-state index in [9.17, 15) is 19.2 Å². The largest absolute Gasteiger partial charge is 0.481 e. The number of carboxylic acid groups (broad SMARTS) is 2. The molecule has 1 saturated heterocycles. The van der Waals surface area contributed by atoms with E-state index in [2.05, 4.69) is 5.32 Å². The predicted octanol–water partition coefficient (Wildman–Crippen LogP) is -0.776. The maximum atomic E-state index is 11.5. The highest BCUT2D eigenvalue weighted by molar-refractivity contribution is 6.15. The van der Waals surface area contributed by atoms with Gasteiger partial charge < -0.3 is 25.0 Å². The molecule has 110 valence electrons. The third-order valence-corrected chi connectivity index (χ3v) is 2.22. The number of esters is 2. The van der Waals surface area contributed by atoms with Crippen LogP contribution in [0, 0.1) is 0 Å². The summed E-state index contributed by atoms with van der Waals surface area (Å²) < 4.78 is 9.55. The maximum Gasteiger partial charge on any atom is 0.350 e. The average Bonchev–Trinajstić information content (AvgIpc) is 2.23. The molecule has 0 saturated carbocycles. The van der Waals surface area contributed by atoms with E-state index in [0.29, 0.717) is 0 Å². The first-order chi connectivity index (χ1) is 9.12. The number of carbonyl (C=O) groups excluding carboxylic acids is 2. The first-order valence-electron chi connectivity index (χ1n) is 5.50. The van der Waals surface area contributed by atoms with Crippen molar-refractivity contribution in [1.82, 2.24) is 5.32 Å². The lowest BCUT2D eigenvalue weighted by Crippen LogP contribution is -2.43. The van der Waals surface area contributed by atoms with Gasteiger partial charge in [-0.3, -0.25) is 4.79 Å². The molecule has 20 heavy (non-hydrogen) atoms. The summed E-state index contributed by atoms with van der Waals surface area (Å²) in [5.74, 6) is -6.17. The molecule has 3 N–H and O–H groups in total. The zero-order valence-electron chi connectivity index (χ0n) is 10.7. The van der Waals surface area contributed by atoms with Gasteiger partial charge in [0.25, 0.3) is 5.79 Å². The molecule has 9 heteroatoms. The fourth-order valence-electron chi connectivity index (χ4n) is 1.35. The molecular weight excluding hydrogens is 274 g/mol. The monoisotopic (exact) mass is 287 g/mol. The van der Waals surface area contributed by atoms with Gasteiger partial charge in [-0.05, 0) is 0 Å². The normalized spacial score (nSPS) is 18.6. The van der Waals surface area contributed by atoms with Crippen molar-refractivity contribution in [3.63, 3.8) is 0 Å². The first kappa shape index (κ1) is 15.5. The number of carbonyl (C=O) groups is 4. The number of hydrogen-bond donors (Lipinski definition) is 3. The van der Waals surface area contributed by atoms with Gasteiger partial charge in [0.1, 0.15) is 6.04 Å². The number of hydrogen-bond acceptors (Lipinski definition) is 7. The van der Waals surface area contributed by atoms with Crippen LogP contribution in [0.2, 0.25) is 0 Å². The van der Waals surface area contributed by atoms with E-state index in [1.54, 1.807) is 0 Å². The first-order valence-corrected chi connectivity index (χ1v) is 5.50. The van der Waals surface area contributed by atoms with Crippen LogP contribution in [0.25, 0.3) is 0 Å². The second-order valence-corrected chi connectivity index (χ2v) is 4.39. The Bertz CT molecular complexity index is 471. The highest BCUT2D eigenvalue weighted by Crippen LogP contribution is 2.22. The summed E-state index contributed by atoms with van der Waals surface area (Å²) in [6.45, 7) is 2.72. The summed E-state index contributed by atoms with van der Waals surface area (Å²) in [5, 5.41) is 19.5. The van der Waals surface area contributed by atoms with Crippen molar-refractivity contribution in [1.29, 1.82) is 0 Å². The molecule has 0 unspecified atom stereocenters. The third-order valence-electron chi connectivity index (χ3n) is 2.22. The van der Waals surface area contributed by atoms with Crippen molar-refractivity contribution < 1.29 is 38.9 Å². The molecule has 0 spiro atoms. The van der Waals surface area contributed by atoms with Crippen LogP contribution in [0.1, 0.15) is 20.3 Å². The lowest BCUT2D eigenvalue weighted by molar-refractivity contribution is -0.222. The van der Waals surface area contributed by atoms with Gasteiger partial charge in [0.05, 0.1) is 6.42 Å². The van der Waals surface area contributed by atoms with Gasteiger partial charge >= 0.3 is 23.9 Å². The van der Waals surface area contributed by atoms with Crippen LogP contribution in [0.15, 0.2) is 11.8 Å². The molecule has 0 aliphatic carbocycles. The van der Waals surface area contributed by atoms with E-state index in [4.69, 9.17) is 19.7 Å². The zero-order chi connectivity index (χ0) is 15.5. The van der Waals surface area contributed by atoms with Crippen molar-refractivity contribution in [3.8, 4) is 0 Å². The maximum absolute atomic E-state index is 11.5. The van der Waals surface area contributed by atoms with E-state index in [0.717, 1.165) is 6.20 Å². The Morgan fingerprint density at radius 1 is 1.25 bits per heavy atom. The minimum atomic E-state index is -1.49. The van der Waals surface area contributed by atoms with E-state index in [1.165, 1.54) is 13.8 Å². The van der Waals surface area contributed by atoms with E-state index >= 15 is 0 Å². The van der Waals surface area contributed by atoms with Crippen LogP contribution in [-0.4, -0.2) is 45.9 Å². The van der Waals surface area contributed by atoms with E-state index < -0.39 is 47.7 Å². The standard InChI is InChI=1S/C11H13NO8/c1-11(2)19-9(17)5(10(18)20-11)4-12-6(8(15)16)3-7(13)14/h4,6,12H,3H2,1-2H3,(H,13,14)(H,15,16)/t6-/m0/s1. The topological polar surface area (TPSA) is 139 Å². The summed E-state index contributed by atoms with van der Waals surface area (Å²) in [4.78, 5) is 44.3. The molecule has 1 rings (SSSR count). The number of aliphatic carboxylic acids is 2. The minimum absolute atomic E-state index is 0.541. The fourth-order valence-corrected chi connectivity index (χ4v) is 1.35. The molecule has 0 amide bonds. The number of nitrogens with one attached hydrogen (secondary N) is 1. The average molecular weight is 287 g/mol. The summed E-state index contributed by atoms with van der Waals surface area (Å²) in [7, 11) is 0. The Morgan fingerprint density at radius 2 is 1.75 bits per heavy atom. The van der Waals surface area contributed by atoms with Crippen LogP contribution in [0.4, 0.5) is 0 Å². The molecule has 0 bridgehead atoms. The number of carboxylic acids is 2. The summed E-state index contributed by atoms with van der Waals surface area (Å²) in [6.07, 6.45) is 0.0519. The van der Waals surface area contributed by atoms with Gasteiger partial charge in [0.2, 0.25) is 0 Å². The summed E-state index contributed by atoms with van der Waals surface area (Å²) >= 11 is 0. The van der Waals surface area contributed by atoms with Crippen LogP contribution in [0.3, 0.4) is 0 Å². The van der Waals surface area contributed by atoms with Gasteiger partial charge in [-0.2, -0.15) is 0 Å². The molecular formula is C11H13NO8. The van der Waals surface area contributed by atoms with E-state index in [1.807, 2.05) is 0 Å². The molecule has 1 aliphatic rings. The molecule has 1 heterocycles. The van der Waals surface area contributed by atoms with Crippen LogP contribution in [0.5, 0.6) is 0 Å². The Morgan fingerprint density at radius 3 is 2.15 bits per heavy atom. The van der Waals surface area contributed by atoms with Crippen molar-refractivity contribution in [2.75, 3.05) is 0 Å². The predicted molar refractivity (Wildman–Crippen MR) is 61.2 cm³/mol. The van der Waals surface area contributed by atoms with Gasteiger partial charge in [-0.15, -0.1) is 0 Å². The van der Waals surface area contributed by atoms with E-state index in [-0.39, 0.29) is 0 Å². The SMILES string of the molecule is CC1(C)OC(=O)C(=CN[C@@H](CC(=O)O)C(=O)O)C(=O)O1. The van der Waals surface area contributed by atoms with Crippen molar-refractivity contribution in [3.05, 3.63) is 11.8 Å². The highest BCUT2D eigenvalue weighted by Gasteiger charge is 2.39. The second-order valence-electron chi connectivity index (χ2n) is 4.39. The van der Waals surface area contributed by atoms with Gasteiger partial charge in [0, 0.05) is 20.0 Å². The lowest BCUT2D eigenvalue weighted by Gasteiger charge is -2.29. The smallest absolute Gasteiger partial charge is 0.350 e. The van der Waals surface area contributed by atoms with Crippen LogP contribution >= 0.6 is 0 Å². The van der Waals surface area contributed by atoms with Crippen molar-refractivity contribution >= 4 is 23.9 Å². The quantitative estimate of drug-likeness (QED) is 0.337. The number of ether oxygens (including phenoxy) is 2. The summed E-state index contributed by atoms with van der Waals surface area (Å²) in [5.41, 5.74) is -0.541. The molecule has 0 aromatic heterocycles. The zero-order valence-corrected chi connectivity index (χ0v) is 10.7. The van der Waals surface area contributed by atoms with Gasteiger partial charge in [-0.25, -0.2) is 14.4 Å². The second kappa shape index (κ2) is 5.59. The van der Waals surface area contributed by atoms with Crippen molar-refractivity contribution in [2.24, 2.45) is 0 Å². The van der Waals surface area contributed by atoms with Crippen LogP contribution in [-0.2, 0) is 28.7 Å². The Kier molecular flexibility index (Phi) is 4.33. The van der Waals surface area contributed by atoms with Gasteiger partial charge in [0.15, 0.2) is 5.57 Å². The van der Waals surface area contributed by atoms with Gasteiger partial charge in [-0.1, -0.05) is 0 Å². The van der Waals surface area contributed by atoms with Crippen molar-refractivity contribution in [2.45, 2.75) is 32.1 Å².